The van der Waals surface area contributed by atoms with E-state index in [1.165, 1.54) is 0 Å². The Labute approximate surface area is 108 Å². The van der Waals surface area contributed by atoms with Crippen LogP contribution < -0.4 is 0 Å². The Balaban J connectivity index is 2.31. The topological polar surface area (TPSA) is 17.3 Å². The number of nitrogens with zero attached hydrogens (tertiary/aromatic N) is 2. The summed E-state index contributed by atoms with van der Waals surface area (Å²) in [6.45, 7) is 0. The summed E-state index contributed by atoms with van der Waals surface area (Å²) in [5.41, 5.74) is 1.91. The van der Waals surface area contributed by atoms with Crippen LogP contribution in [0.1, 0.15) is 0 Å². The molecule has 0 atom stereocenters. The number of pyridine rings is 1. The molecule has 1 aromatic carbocycles. The number of hydrogen-bond acceptors (Lipinski definition) is 1. The zero-order valence-corrected chi connectivity index (χ0v) is 10.3. The highest BCUT2D eigenvalue weighted by Crippen LogP contribution is 2.25. The van der Waals surface area contributed by atoms with Crippen molar-refractivity contribution in [1.82, 2.24) is 9.38 Å². The van der Waals surface area contributed by atoms with E-state index in [0.29, 0.717) is 10.2 Å². The molecule has 0 fully saturated rings. The number of fused-ring (bicyclic) bond motifs is 1. The Kier molecular flexibility index (Phi) is 2.54. The van der Waals surface area contributed by atoms with Crippen molar-refractivity contribution in [2.24, 2.45) is 0 Å². The van der Waals surface area contributed by atoms with E-state index in [1.807, 2.05) is 46.9 Å². The monoisotopic (exact) mass is 262 g/mol. The molecule has 0 unspecified atom stereocenters. The van der Waals surface area contributed by atoms with E-state index in [2.05, 4.69) is 4.98 Å². The molecule has 2 nitrogen and oxygen atoms in total. The van der Waals surface area contributed by atoms with Gasteiger partial charge in [-0.3, -0.25) is 4.40 Å². The lowest BCUT2D eigenvalue weighted by atomic mass is 10.2. The van der Waals surface area contributed by atoms with Crippen LogP contribution in [0.3, 0.4) is 0 Å². The molecule has 0 radical (unpaired) electrons. The molecular weight excluding hydrogens is 255 g/mol. The molecule has 0 saturated heterocycles. The number of rotatable bonds is 1. The van der Waals surface area contributed by atoms with Gasteiger partial charge >= 0.3 is 0 Å². The lowest BCUT2D eigenvalue weighted by Crippen LogP contribution is -1.90. The smallest absolute Gasteiger partial charge is 0.145 e. The molecular formula is C13H8Cl2N2. The molecule has 0 aliphatic rings. The second-order valence-corrected chi connectivity index (χ2v) is 4.52. The van der Waals surface area contributed by atoms with Crippen molar-refractivity contribution in [3.63, 3.8) is 0 Å². The van der Waals surface area contributed by atoms with Crippen molar-refractivity contribution in [2.45, 2.75) is 0 Å². The van der Waals surface area contributed by atoms with E-state index in [0.717, 1.165) is 16.9 Å². The Morgan fingerprint density at radius 1 is 1.00 bits per heavy atom. The van der Waals surface area contributed by atoms with Crippen LogP contribution in [0, 0.1) is 0 Å². The van der Waals surface area contributed by atoms with Crippen LogP contribution in [0.15, 0.2) is 48.7 Å². The van der Waals surface area contributed by atoms with Gasteiger partial charge in [0, 0.05) is 10.6 Å². The van der Waals surface area contributed by atoms with Crippen LogP contribution in [0.5, 0.6) is 0 Å². The fraction of sp³-hybridized carbons (Fsp3) is 0. The Morgan fingerprint density at radius 2 is 1.82 bits per heavy atom. The average Bonchev–Trinajstić information content (AvgIpc) is 2.74. The zero-order chi connectivity index (χ0) is 11.8. The van der Waals surface area contributed by atoms with E-state index >= 15 is 0 Å². The first kappa shape index (κ1) is 10.6. The van der Waals surface area contributed by atoms with Crippen LogP contribution in [-0.2, 0) is 0 Å². The maximum Gasteiger partial charge on any atom is 0.145 e. The first-order valence-electron chi connectivity index (χ1n) is 5.13. The highest BCUT2D eigenvalue weighted by atomic mass is 35.5. The summed E-state index contributed by atoms with van der Waals surface area (Å²) in [6.07, 6.45) is 1.79. The van der Waals surface area contributed by atoms with Crippen molar-refractivity contribution in [1.29, 1.82) is 0 Å². The summed E-state index contributed by atoms with van der Waals surface area (Å²) in [6, 6.07) is 13.3. The second kappa shape index (κ2) is 4.06. The number of hydrogen-bond donors (Lipinski definition) is 0. The predicted octanol–water partition coefficient (Wildman–Crippen LogP) is 4.31. The van der Waals surface area contributed by atoms with Gasteiger partial charge in [-0.2, -0.15) is 0 Å². The summed E-state index contributed by atoms with van der Waals surface area (Å²) in [7, 11) is 0. The minimum atomic E-state index is 0.634. The fourth-order valence-corrected chi connectivity index (χ4v) is 2.28. The van der Waals surface area contributed by atoms with Crippen LogP contribution in [0.25, 0.3) is 16.9 Å². The molecule has 0 aliphatic carbocycles. The fourth-order valence-electron chi connectivity index (χ4n) is 1.84. The molecule has 0 spiro atoms. The first-order valence-corrected chi connectivity index (χ1v) is 5.89. The van der Waals surface area contributed by atoms with Crippen molar-refractivity contribution < 1.29 is 0 Å². The highest BCUT2D eigenvalue weighted by Gasteiger charge is 2.08. The van der Waals surface area contributed by atoms with Crippen LogP contribution in [-0.4, -0.2) is 9.38 Å². The number of aromatic nitrogens is 2. The molecule has 0 amide bonds. The molecule has 4 heteroatoms. The van der Waals surface area contributed by atoms with Crippen molar-refractivity contribution in [2.75, 3.05) is 0 Å². The Bertz CT molecular complexity index is 689. The summed E-state index contributed by atoms with van der Waals surface area (Å²) in [5, 5.41) is 1.32. The summed E-state index contributed by atoms with van der Waals surface area (Å²) >= 11 is 12.2. The van der Waals surface area contributed by atoms with Crippen LogP contribution >= 0.6 is 23.2 Å². The van der Waals surface area contributed by atoms with Crippen molar-refractivity contribution >= 4 is 28.7 Å². The van der Waals surface area contributed by atoms with Crippen LogP contribution in [0.2, 0.25) is 10.2 Å². The maximum absolute atomic E-state index is 6.18. The predicted molar refractivity (Wildman–Crippen MR) is 70.6 cm³/mol. The summed E-state index contributed by atoms with van der Waals surface area (Å²) < 4.78 is 1.90. The largest absolute Gasteiger partial charge is 0.283 e. The minimum absolute atomic E-state index is 0.634. The Hall–Kier alpha value is -1.51. The van der Waals surface area contributed by atoms with E-state index in [4.69, 9.17) is 23.2 Å². The quantitative estimate of drug-likeness (QED) is 0.598. The van der Waals surface area contributed by atoms with Gasteiger partial charge in [-0.25, -0.2) is 4.98 Å². The molecule has 0 saturated carbocycles. The Morgan fingerprint density at radius 3 is 2.65 bits per heavy atom. The van der Waals surface area contributed by atoms with Gasteiger partial charge < -0.3 is 0 Å². The van der Waals surface area contributed by atoms with Gasteiger partial charge in [0.25, 0.3) is 0 Å². The first-order chi connectivity index (χ1) is 8.25. The standard InChI is InChI=1S/C13H8Cl2N2/c14-10-4-1-3-9(7-10)13-16-8-11-5-2-6-12(15)17(11)13/h1-8H. The third-order valence-corrected chi connectivity index (χ3v) is 3.12. The lowest BCUT2D eigenvalue weighted by molar-refractivity contribution is 1.16. The van der Waals surface area contributed by atoms with E-state index in [-0.39, 0.29) is 0 Å². The lowest BCUT2D eigenvalue weighted by Gasteiger charge is -2.03. The number of benzene rings is 1. The molecule has 3 rings (SSSR count). The molecule has 2 aromatic heterocycles. The molecule has 84 valence electrons. The van der Waals surface area contributed by atoms with Gasteiger partial charge in [0.15, 0.2) is 0 Å². The van der Waals surface area contributed by atoms with Gasteiger partial charge in [0.05, 0.1) is 11.7 Å². The van der Waals surface area contributed by atoms with Crippen LogP contribution in [0.4, 0.5) is 0 Å². The third-order valence-electron chi connectivity index (χ3n) is 2.59. The molecule has 3 aromatic rings. The normalized spacial score (nSPS) is 10.9. The summed E-state index contributed by atoms with van der Waals surface area (Å²) in [4.78, 5) is 4.39. The number of imidazole rings is 1. The SMILES string of the molecule is Clc1cccc(-c2ncc3cccc(Cl)n23)c1. The molecule has 0 bridgehead atoms. The van der Waals surface area contributed by atoms with Gasteiger partial charge in [-0.15, -0.1) is 0 Å². The molecule has 0 N–H and O–H groups in total. The molecule has 2 heterocycles. The maximum atomic E-state index is 6.18. The second-order valence-electron chi connectivity index (χ2n) is 3.70. The minimum Gasteiger partial charge on any atom is -0.283 e. The van der Waals surface area contributed by atoms with Crippen molar-refractivity contribution in [3.8, 4) is 11.4 Å². The van der Waals surface area contributed by atoms with E-state index in [1.54, 1.807) is 6.20 Å². The highest BCUT2D eigenvalue weighted by molar-refractivity contribution is 6.31. The van der Waals surface area contributed by atoms with Gasteiger partial charge in [0.2, 0.25) is 0 Å². The summed E-state index contributed by atoms with van der Waals surface area (Å²) in [5.74, 6) is 0.799. The van der Waals surface area contributed by atoms with Gasteiger partial charge in [-0.1, -0.05) is 41.4 Å². The van der Waals surface area contributed by atoms with E-state index in [9.17, 15) is 0 Å². The van der Waals surface area contributed by atoms with Gasteiger partial charge in [0.1, 0.15) is 11.0 Å². The number of halogens is 2. The van der Waals surface area contributed by atoms with Gasteiger partial charge in [-0.05, 0) is 24.3 Å². The van der Waals surface area contributed by atoms with Crippen molar-refractivity contribution in [3.05, 3.63) is 58.8 Å². The average molecular weight is 263 g/mol. The molecule has 0 aliphatic heterocycles. The zero-order valence-electron chi connectivity index (χ0n) is 8.77. The van der Waals surface area contributed by atoms with E-state index < -0.39 is 0 Å². The molecule has 17 heavy (non-hydrogen) atoms. The third kappa shape index (κ3) is 1.79.